The van der Waals surface area contributed by atoms with Crippen LogP contribution in [0.15, 0.2) is 73.1 Å². The Balaban J connectivity index is 0.000000505. The van der Waals surface area contributed by atoms with Crippen LogP contribution < -0.4 is 20.7 Å². The number of carboxylic acids is 1. The summed E-state index contributed by atoms with van der Waals surface area (Å²) in [5.41, 5.74) is 9.29. The molecule has 8 nitrogen and oxygen atoms in total. The van der Waals surface area contributed by atoms with Crippen LogP contribution in [-0.2, 0) is 24.9 Å². The minimum atomic E-state index is -5.19. The lowest BCUT2D eigenvalue weighted by Gasteiger charge is -2.12. The van der Waals surface area contributed by atoms with Gasteiger partial charge in [-0.2, -0.15) is 13.2 Å². The number of nitrogens with two attached hydrogens (primary N) is 1. The Bertz CT molecular complexity index is 1480. The Morgan fingerprint density at radius 1 is 1.05 bits per heavy atom. The maximum Gasteiger partial charge on any atom is 0.430 e. The van der Waals surface area contributed by atoms with Gasteiger partial charge in [0.05, 0.1) is 0 Å². The van der Waals surface area contributed by atoms with Crippen LogP contribution in [-0.4, -0.2) is 28.5 Å². The number of pyridine rings is 1. The molecule has 0 saturated carbocycles. The molecule has 0 fully saturated rings. The normalized spacial score (nSPS) is 11.0. The van der Waals surface area contributed by atoms with Gasteiger partial charge in [-0.05, 0) is 41.5 Å². The van der Waals surface area contributed by atoms with Gasteiger partial charge >= 0.3 is 6.18 Å². The lowest BCUT2D eigenvalue weighted by Crippen LogP contribution is -2.37. The van der Waals surface area contributed by atoms with Crippen molar-refractivity contribution in [1.82, 2.24) is 9.88 Å². The highest BCUT2D eigenvalue weighted by Gasteiger charge is 2.28. The first-order valence-electron chi connectivity index (χ1n) is 11.1. The summed E-state index contributed by atoms with van der Waals surface area (Å²) in [5.74, 6) is -3.62. The van der Waals surface area contributed by atoms with Crippen LogP contribution in [0.25, 0.3) is 10.9 Å². The first kappa shape index (κ1) is 27.8. The van der Waals surface area contributed by atoms with Gasteiger partial charge in [-0.3, -0.25) is 10.2 Å². The number of nitrogen functional groups attached to an aromatic ring is 1. The number of hydrogen-bond acceptors (Lipinski definition) is 4. The number of aliphatic carboxylic acids is 1. The average Bonchev–Trinajstić information content (AvgIpc) is 3.20. The molecule has 2 aromatic heterocycles. The van der Waals surface area contributed by atoms with Gasteiger partial charge in [0.2, 0.25) is 0 Å². The zero-order valence-corrected chi connectivity index (χ0v) is 20.1. The number of carbonyl (C=O) groups excluding carboxylic acids is 2. The van der Waals surface area contributed by atoms with E-state index >= 15 is 0 Å². The van der Waals surface area contributed by atoms with Crippen molar-refractivity contribution in [3.05, 3.63) is 101 Å². The van der Waals surface area contributed by atoms with Crippen molar-refractivity contribution in [3.63, 3.8) is 0 Å². The van der Waals surface area contributed by atoms with Crippen LogP contribution in [0, 0.1) is 11.2 Å². The first-order valence-corrected chi connectivity index (χ1v) is 11.1. The Labute approximate surface area is 214 Å². The SMILES string of the molecule is C[n+]1ccc(CNC(=O)c2cc3cc(F)ccc3n2Cc2cccc(C(=N)N)c2)cc1.O=C([O-])C(F)(F)F. The van der Waals surface area contributed by atoms with Crippen LogP contribution in [0.5, 0.6) is 0 Å². The van der Waals surface area contributed by atoms with Gasteiger partial charge < -0.3 is 25.5 Å². The molecular formula is C26H23F4N5O3. The standard InChI is InChI=1S/C24H22FN5O.C2HF3O2/c1-29-9-7-16(8-10-29)14-28-24(31)22-13-19-12-20(25)5-6-21(19)30(22)15-17-3-2-4-18(11-17)23(26)27;3-2(4,5)1(6)7/h2-13H,14-15H2,1H3,(H3-,26,27,28,31);(H,6,7). The summed E-state index contributed by atoms with van der Waals surface area (Å²) < 4.78 is 49.1. The predicted molar refractivity (Wildman–Crippen MR) is 128 cm³/mol. The third-order valence-corrected chi connectivity index (χ3v) is 5.41. The van der Waals surface area contributed by atoms with E-state index in [0.29, 0.717) is 29.7 Å². The number of carbonyl (C=O) groups is 2. The fourth-order valence-corrected chi connectivity index (χ4v) is 3.54. The van der Waals surface area contributed by atoms with E-state index in [9.17, 15) is 22.4 Å². The molecule has 0 aliphatic rings. The number of alkyl halides is 3. The molecule has 2 heterocycles. The van der Waals surface area contributed by atoms with Gasteiger partial charge in [-0.15, -0.1) is 0 Å². The van der Waals surface area contributed by atoms with Gasteiger partial charge in [0, 0.05) is 41.7 Å². The second-order valence-electron chi connectivity index (χ2n) is 8.27. The number of hydrogen-bond donors (Lipinski definition) is 3. The van der Waals surface area contributed by atoms with Crippen molar-refractivity contribution < 1.29 is 36.8 Å². The summed E-state index contributed by atoms with van der Waals surface area (Å²) in [7, 11) is 1.93. The number of nitrogens with one attached hydrogen (secondary N) is 2. The summed E-state index contributed by atoms with van der Waals surface area (Å²) in [6.07, 6.45) is -1.35. The van der Waals surface area contributed by atoms with Crippen LogP contribution in [0.4, 0.5) is 17.6 Å². The number of rotatable bonds is 6. The van der Waals surface area contributed by atoms with Crippen LogP contribution in [0.3, 0.4) is 0 Å². The Hall–Kier alpha value is -4.74. The Morgan fingerprint density at radius 3 is 2.32 bits per heavy atom. The highest BCUT2D eigenvalue weighted by atomic mass is 19.4. The fraction of sp³-hybridized carbons (Fsp3) is 0.154. The molecule has 4 aromatic rings. The zero-order chi connectivity index (χ0) is 28.0. The molecule has 0 unspecified atom stereocenters. The van der Waals surface area contributed by atoms with Crippen molar-refractivity contribution in [1.29, 1.82) is 5.41 Å². The van der Waals surface area contributed by atoms with E-state index in [2.05, 4.69) is 5.32 Å². The van der Waals surface area contributed by atoms with E-state index in [4.69, 9.17) is 21.0 Å². The van der Waals surface area contributed by atoms with Crippen LogP contribution in [0.2, 0.25) is 0 Å². The molecule has 38 heavy (non-hydrogen) atoms. The molecule has 1 amide bonds. The summed E-state index contributed by atoms with van der Waals surface area (Å²) in [6.45, 7) is 0.773. The van der Waals surface area contributed by atoms with E-state index in [-0.39, 0.29) is 17.6 Å². The van der Waals surface area contributed by atoms with Gasteiger partial charge in [-0.1, -0.05) is 18.2 Å². The number of aromatic nitrogens is 2. The largest absolute Gasteiger partial charge is 0.542 e. The van der Waals surface area contributed by atoms with Crippen molar-refractivity contribution in [2.24, 2.45) is 12.8 Å². The molecule has 0 saturated heterocycles. The minimum Gasteiger partial charge on any atom is -0.542 e. The molecule has 0 aliphatic heterocycles. The fourth-order valence-electron chi connectivity index (χ4n) is 3.54. The van der Waals surface area contributed by atoms with E-state index in [1.165, 1.54) is 12.1 Å². The highest BCUT2D eigenvalue weighted by molar-refractivity contribution is 5.99. The van der Waals surface area contributed by atoms with Gasteiger partial charge in [0.1, 0.15) is 30.4 Å². The third kappa shape index (κ3) is 7.15. The van der Waals surface area contributed by atoms with Crippen molar-refractivity contribution in [2.75, 3.05) is 0 Å². The Morgan fingerprint density at radius 2 is 1.71 bits per heavy atom. The predicted octanol–water partition coefficient (Wildman–Crippen LogP) is 2.17. The second-order valence-corrected chi connectivity index (χ2v) is 8.27. The highest BCUT2D eigenvalue weighted by Crippen LogP contribution is 2.23. The van der Waals surface area contributed by atoms with E-state index in [1.807, 2.05) is 58.9 Å². The quantitative estimate of drug-likeness (QED) is 0.153. The molecule has 2 aromatic carbocycles. The lowest BCUT2D eigenvalue weighted by atomic mass is 10.1. The molecule has 4 rings (SSSR count). The number of amidine groups is 1. The van der Waals surface area contributed by atoms with Crippen molar-refractivity contribution in [2.45, 2.75) is 19.3 Å². The smallest absolute Gasteiger partial charge is 0.430 e. The molecule has 198 valence electrons. The van der Waals surface area contributed by atoms with Crippen LogP contribution in [0.1, 0.15) is 27.2 Å². The van der Waals surface area contributed by atoms with Gasteiger partial charge in [0.15, 0.2) is 12.4 Å². The number of benzene rings is 2. The van der Waals surface area contributed by atoms with Gasteiger partial charge in [0.25, 0.3) is 5.91 Å². The summed E-state index contributed by atoms with van der Waals surface area (Å²) in [5, 5.41) is 20.0. The van der Waals surface area contributed by atoms with Crippen molar-refractivity contribution >= 4 is 28.6 Å². The Kier molecular flexibility index (Phi) is 8.46. The summed E-state index contributed by atoms with van der Waals surface area (Å²) in [4.78, 5) is 21.8. The van der Waals surface area contributed by atoms with Crippen LogP contribution >= 0.6 is 0 Å². The molecule has 12 heteroatoms. The molecule has 0 atom stereocenters. The third-order valence-electron chi connectivity index (χ3n) is 5.41. The molecular weight excluding hydrogens is 506 g/mol. The maximum atomic E-state index is 13.8. The summed E-state index contributed by atoms with van der Waals surface area (Å²) >= 11 is 0. The number of amides is 1. The minimum absolute atomic E-state index is 0.0180. The molecule has 0 spiro atoms. The molecule has 0 radical (unpaired) electrons. The number of halogens is 4. The average molecular weight is 529 g/mol. The summed E-state index contributed by atoms with van der Waals surface area (Å²) in [6, 6.07) is 17.4. The number of nitrogens with zero attached hydrogens (tertiary/aromatic N) is 2. The number of carboxylic acid groups (broad SMARTS) is 1. The molecule has 4 N–H and O–H groups in total. The second kappa shape index (κ2) is 11.5. The maximum absolute atomic E-state index is 13.8. The van der Waals surface area contributed by atoms with E-state index in [1.54, 1.807) is 18.2 Å². The lowest BCUT2D eigenvalue weighted by molar-refractivity contribution is -0.671. The molecule has 0 aliphatic carbocycles. The monoisotopic (exact) mass is 529 g/mol. The topological polar surface area (TPSA) is 128 Å². The van der Waals surface area contributed by atoms with Crippen molar-refractivity contribution in [3.8, 4) is 0 Å². The first-order chi connectivity index (χ1) is 17.8. The molecule has 0 bridgehead atoms. The number of fused-ring (bicyclic) bond motifs is 1. The van der Waals surface area contributed by atoms with E-state index in [0.717, 1.165) is 16.6 Å². The zero-order valence-electron chi connectivity index (χ0n) is 20.1. The van der Waals surface area contributed by atoms with E-state index < -0.39 is 12.1 Å². The number of aryl methyl sites for hydroxylation is 1. The van der Waals surface area contributed by atoms with Gasteiger partial charge in [-0.25, -0.2) is 8.96 Å².